The highest BCUT2D eigenvalue weighted by atomic mass is 35.5. The van der Waals surface area contributed by atoms with E-state index in [2.05, 4.69) is 15.5 Å². The van der Waals surface area contributed by atoms with E-state index in [0.29, 0.717) is 10.8 Å². The van der Waals surface area contributed by atoms with Crippen LogP contribution in [0.3, 0.4) is 0 Å². The smallest absolute Gasteiger partial charge is 0.230 e. The van der Waals surface area contributed by atoms with Crippen LogP contribution in [0, 0.1) is 20.8 Å². The molecular formula is C23H22ClN5O. The van der Waals surface area contributed by atoms with Gasteiger partial charge < -0.3 is 5.32 Å². The Morgan fingerprint density at radius 3 is 2.50 bits per heavy atom. The maximum atomic E-state index is 12.7. The normalized spacial score (nSPS) is 10.9. The van der Waals surface area contributed by atoms with Gasteiger partial charge in [0.2, 0.25) is 5.91 Å². The molecule has 7 heteroatoms. The summed E-state index contributed by atoms with van der Waals surface area (Å²) in [5.41, 5.74) is 5.44. The molecule has 1 N–H and O–H groups in total. The molecule has 2 aromatic heterocycles. The van der Waals surface area contributed by atoms with Gasteiger partial charge in [0.15, 0.2) is 5.82 Å². The average molecular weight is 420 g/mol. The van der Waals surface area contributed by atoms with Crippen LogP contribution < -0.4 is 5.32 Å². The predicted molar refractivity (Wildman–Crippen MR) is 119 cm³/mol. The molecule has 0 spiro atoms. The standard InChI is InChI=1S/C23H22ClN5O/c1-15-9-10-19(13-21(15)24)29-17(3)20(16(2)26-29)14-23(30)25-22-11-12-28(27-22)18-7-5-4-6-8-18/h4-13H,14H2,1-3H3,(H,25,27,30). The van der Waals surface area contributed by atoms with Crippen LogP contribution in [-0.2, 0) is 11.2 Å². The Morgan fingerprint density at radius 2 is 1.77 bits per heavy atom. The van der Waals surface area contributed by atoms with E-state index in [1.54, 1.807) is 10.7 Å². The molecular weight excluding hydrogens is 398 g/mol. The van der Waals surface area contributed by atoms with Gasteiger partial charge in [0, 0.05) is 28.5 Å². The maximum absolute atomic E-state index is 12.7. The number of carbonyl (C=O) groups excluding carboxylic acids is 1. The molecule has 152 valence electrons. The molecule has 2 heterocycles. The summed E-state index contributed by atoms with van der Waals surface area (Å²) in [6, 6.07) is 17.3. The topological polar surface area (TPSA) is 64.7 Å². The van der Waals surface area contributed by atoms with E-state index >= 15 is 0 Å². The van der Waals surface area contributed by atoms with Crippen molar-refractivity contribution < 1.29 is 4.79 Å². The number of hydrogen-bond acceptors (Lipinski definition) is 3. The third kappa shape index (κ3) is 4.00. The van der Waals surface area contributed by atoms with Crippen molar-refractivity contribution in [3.63, 3.8) is 0 Å². The van der Waals surface area contributed by atoms with Gasteiger partial charge in [-0.2, -0.15) is 10.2 Å². The van der Waals surface area contributed by atoms with Gasteiger partial charge in [-0.15, -0.1) is 0 Å². The number of anilines is 1. The lowest BCUT2D eigenvalue weighted by molar-refractivity contribution is -0.115. The molecule has 2 aromatic carbocycles. The number of amides is 1. The van der Waals surface area contributed by atoms with Crippen LogP contribution in [0.1, 0.15) is 22.5 Å². The van der Waals surface area contributed by atoms with Crippen molar-refractivity contribution in [1.82, 2.24) is 19.6 Å². The lowest BCUT2D eigenvalue weighted by atomic mass is 10.1. The third-order valence-electron chi connectivity index (χ3n) is 5.06. The van der Waals surface area contributed by atoms with E-state index in [9.17, 15) is 4.79 Å². The predicted octanol–water partition coefficient (Wildman–Crippen LogP) is 4.82. The summed E-state index contributed by atoms with van der Waals surface area (Å²) in [5, 5.41) is 12.6. The Bertz CT molecular complexity index is 1210. The molecule has 0 radical (unpaired) electrons. The van der Waals surface area contributed by atoms with E-state index in [-0.39, 0.29) is 12.3 Å². The zero-order valence-corrected chi connectivity index (χ0v) is 17.8. The lowest BCUT2D eigenvalue weighted by Crippen LogP contribution is -2.16. The van der Waals surface area contributed by atoms with Gasteiger partial charge in [-0.1, -0.05) is 35.9 Å². The van der Waals surface area contributed by atoms with Gasteiger partial charge in [-0.05, 0) is 50.6 Å². The Morgan fingerprint density at radius 1 is 1.00 bits per heavy atom. The van der Waals surface area contributed by atoms with Gasteiger partial charge in [-0.25, -0.2) is 9.36 Å². The molecule has 0 saturated carbocycles. The fourth-order valence-electron chi connectivity index (χ4n) is 3.36. The summed E-state index contributed by atoms with van der Waals surface area (Å²) in [6.45, 7) is 5.83. The zero-order valence-electron chi connectivity index (χ0n) is 17.1. The highest BCUT2D eigenvalue weighted by Crippen LogP contribution is 2.23. The number of para-hydroxylation sites is 1. The van der Waals surface area contributed by atoms with E-state index < -0.39 is 0 Å². The minimum absolute atomic E-state index is 0.138. The van der Waals surface area contributed by atoms with Crippen LogP contribution in [0.2, 0.25) is 5.02 Å². The van der Waals surface area contributed by atoms with Gasteiger partial charge >= 0.3 is 0 Å². The van der Waals surface area contributed by atoms with Crippen molar-refractivity contribution in [3.8, 4) is 11.4 Å². The Labute approximate surface area is 180 Å². The second-order valence-electron chi connectivity index (χ2n) is 7.20. The fraction of sp³-hybridized carbons (Fsp3) is 0.174. The van der Waals surface area contributed by atoms with E-state index in [1.165, 1.54) is 0 Å². The van der Waals surface area contributed by atoms with Crippen molar-refractivity contribution in [2.45, 2.75) is 27.2 Å². The number of nitrogens with zero attached hydrogens (tertiary/aromatic N) is 4. The van der Waals surface area contributed by atoms with Crippen molar-refractivity contribution >= 4 is 23.3 Å². The molecule has 0 aliphatic rings. The molecule has 4 rings (SSSR count). The second-order valence-corrected chi connectivity index (χ2v) is 7.61. The molecule has 6 nitrogen and oxygen atoms in total. The maximum Gasteiger partial charge on any atom is 0.230 e. The highest BCUT2D eigenvalue weighted by Gasteiger charge is 2.17. The Hall–Kier alpha value is -3.38. The number of halogens is 1. The molecule has 4 aromatic rings. The molecule has 0 aliphatic heterocycles. The molecule has 1 amide bonds. The van der Waals surface area contributed by atoms with E-state index in [4.69, 9.17) is 11.6 Å². The number of aryl methyl sites for hydroxylation is 2. The summed E-state index contributed by atoms with van der Waals surface area (Å²) in [5.74, 6) is 0.373. The number of hydrogen-bond donors (Lipinski definition) is 1. The summed E-state index contributed by atoms with van der Waals surface area (Å²) in [4.78, 5) is 12.7. The summed E-state index contributed by atoms with van der Waals surface area (Å²) in [7, 11) is 0. The van der Waals surface area contributed by atoms with Gasteiger partial charge in [0.05, 0.1) is 23.5 Å². The van der Waals surface area contributed by atoms with Crippen LogP contribution in [0.15, 0.2) is 60.8 Å². The number of nitrogens with one attached hydrogen (secondary N) is 1. The van der Waals surface area contributed by atoms with Crippen LogP contribution in [0.25, 0.3) is 11.4 Å². The first-order valence-electron chi connectivity index (χ1n) is 9.65. The van der Waals surface area contributed by atoms with Gasteiger partial charge in [-0.3, -0.25) is 4.79 Å². The van der Waals surface area contributed by atoms with Crippen LogP contribution in [0.5, 0.6) is 0 Å². The molecule has 0 bridgehead atoms. The Balaban J connectivity index is 1.51. The monoisotopic (exact) mass is 419 g/mol. The minimum Gasteiger partial charge on any atom is -0.309 e. The number of benzene rings is 2. The summed E-state index contributed by atoms with van der Waals surface area (Å²) in [6.07, 6.45) is 2.04. The minimum atomic E-state index is -0.138. The SMILES string of the molecule is Cc1ccc(-n2nc(C)c(CC(=O)Nc3ccn(-c4ccccc4)n3)c2C)cc1Cl. The molecule has 0 aliphatic carbocycles. The Kier molecular flexibility index (Phi) is 5.42. The highest BCUT2D eigenvalue weighted by molar-refractivity contribution is 6.31. The molecule has 0 atom stereocenters. The average Bonchev–Trinajstić information content (AvgIpc) is 3.31. The largest absolute Gasteiger partial charge is 0.309 e. The first-order chi connectivity index (χ1) is 14.4. The van der Waals surface area contributed by atoms with Crippen molar-refractivity contribution in [1.29, 1.82) is 0 Å². The number of carbonyl (C=O) groups is 1. The van der Waals surface area contributed by atoms with Crippen molar-refractivity contribution in [2.24, 2.45) is 0 Å². The molecule has 0 fully saturated rings. The summed E-state index contributed by atoms with van der Waals surface area (Å²) < 4.78 is 3.55. The third-order valence-corrected chi connectivity index (χ3v) is 5.46. The quantitative estimate of drug-likeness (QED) is 0.504. The zero-order chi connectivity index (χ0) is 21.3. The van der Waals surface area contributed by atoms with E-state index in [1.807, 2.05) is 80.2 Å². The molecule has 0 unspecified atom stereocenters. The van der Waals surface area contributed by atoms with Gasteiger partial charge in [0.1, 0.15) is 0 Å². The molecule has 0 saturated heterocycles. The lowest BCUT2D eigenvalue weighted by Gasteiger charge is -2.07. The van der Waals surface area contributed by atoms with Crippen molar-refractivity contribution in [3.05, 3.63) is 88.3 Å². The van der Waals surface area contributed by atoms with Crippen LogP contribution in [-0.4, -0.2) is 25.5 Å². The van der Waals surface area contributed by atoms with Crippen LogP contribution in [0.4, 0.5) is 5.82 Å². The number of rotatable bonds is 5. The first kappa shape index (κ1) is 19.9. The fourth-order valence-corrected chi connectivity index (χ4v) is 3.53. The second kappa shape index (κ2) is 8.16. The van der Waals surface area contributed by atoms with Gasteiger partial charge in [0.25, 0.3) is 0 Å². The molecule has 30 heavy (non-hydrogen) atoms. The summed E-state index contributed by atoms with van der Waals surface area (Å²) >= 11 is 6.27. The van der Waals surface area contributed by atoms with Crippen LogP contribution >= 0.6 is 11.6 Å². The number of aromatic nitrogens is 4. The first-order valence-corrected chi connectivity index (χ1v) is 10.0. The van der Waals surface area contributed by atoms with Crippen molar-refractivity contribution in [2.75, 3.05) is 5.32 Å². The van der Waals surface area contributed by atoms with E-state index in [0.717, 1.165) is 33.9 Å².